The number of oxime groups is 1. The Labute approximate surface area is 140 Å². The van der Waals surface area contributed by atoms with Gasteiger partial charge in [0.25, 0.3) is 5.91 Å². The van der Waals surface area contributed by atoms with Gasteiger partial charge >= 0.3 is 6.09 Å². The monoisotopic (exact) mass is 335 g/mol. The molecule has 0 atom stereocenters. The third kappa shape index (κ3) is 5.59. The Morgan fingerprint density at radius 1 is 1.39 bits per heavy atom. The largest absolute Gasteiger partial charge is 0.433 e. The number of unbranched alkanes of at least 4 members (excludes halogenated alkanes) is 1. The molecule has 124 valence electrons. The average molecular weight is 335 g/mol. The molecule has 0 spiro atoms. The van der Waals surface area contributed by atoms with Gasteiger partial charge < -0.3 is 10.2 Å². The van der Waals surface area contributed by atoms with Crippen LogP contribution in [0.4, 0.5) is 4.79 Å². The first-order valence-electron chi connectivity index (χ1n) is 7.69. The maximum Gasteiger partial charge on any atom is 0.433 e. The summed E-state index contributed by atoms with van der Waals surface area (Å²) >= 11 is 1.31. The van der Waals surface area contributed by atoms with Gasteiger partial charge in [0.15, 0.2) is 0 Å². The summed E-state index contributed by atoms with van der Waals surface area (Å²) in [5, 5.41) is 6.52. The van der Waals surface area contributed by atoms with Crippen molar-refractivity contribution in [1.29, 1.82) is 0 Å². The number of carbonyl (C=O) groups excluding carboxylic acids is 2. The number of nitrogens with zero attached hydrogens (tertiary/aromatic N) is 2. The first kappa shape index (κ1) is 17.3. The Bertz CT molecular complexity index is 563. The molecule has 1 heterocycles. The van der Waals surface area contributed by atoms with Crippen LogP contribution in [0.15, 0.2) is 35.5 Å². The second-order valence-corrected chi connectivity index (χ2v) is 6.20. The molecule has 6 nitrogen and oxygen atoms in total. The Kier molecular flexibility index (Phi) is 6.93. The van der Waals surface area contributed by atoms with Crippen LogP contribution in [0.1, 0.15) is 25.3 Å². The summed E-state index contributed by atoms with van der Waals surface area (Å²) in [5.74, 6) is 0.532. The van der Waals surface area contributed by atoms with E-state index in [9.17, 15) is 9.59 Å². The third-order valence-electron chi connectivity index (χ3n) is 3.30. The minimum absolute atomic E-state index is 0.202. The first-order valence-corrected chi connectivity index (χ1v) is 8.68. The molecule has 1 fully saturated rings. The van der Waals surface area contributed by atoms with Gasteiger partial charge in [0, 0.05) is 25.4 Å². The lowest BCUT2D eigenvalue weighted by Gasteiger charge is -2.26. The highest BCUT2D eigenvalue weighted by Crippen LogP contribution is 2.17. The highest BCUT2D eigenvalue weighted by Gasteiger charge is 2.26. The predicted octanol–water partition coefficient (Wildman–Crippen LogP) is 2.60. The molecule has 1 aromatic carbocycles. The average Bonchev–Trinajstić information content (AvgIpc) is 2.57. The van der Waals surface area contributed by atoms with Crippen molar-refractivity contribution in [3.05, 3.63) is 35.9 Å². The van der Waals surface area contributed by atoms with E-state index in [0.29, 0.717) is 19.6 Å². The minimum atomic E-state index is -0.625. The van der Waals surface area contributed by atoms with Gasteiger partial charge in [-0.1, -0.05) is 60.6 Å². The van der Waals surface area contributed by atoms with E-state index in [2.05, 4.69) is 10.5 Å². The zero-order valence-corrected chi connectivity index (χ0v) is 14.0. The smallest absolute Gasteiger partial charge is 0.332 e. The molecule has 0 bridgehead atoms. The molecule has 7 heteroatoms. The van der Waals surface area contributed by atoms with Gasteiger partial charge in [0.1, 0.15) is 0 Å². The molecule has 2 rings (SSSR count). The molecule has 1 aromatic rings. The Balaban J connectivity index is 1.88. The molecule has 23 heavy (non-hydrogen) atoms. The van der Waals surface area contributed by atoms with Gasteiger partial charge in [-0.05, 0) is 12.0 Å². The SMILES string of the molecule is CCCCNC(=O)O/N=C1/SCCN(Cc2ccccc2)C1=O. The van der Waals surface area contributed by atoms with Crippen LogP contribution < -0.4 is 5.32 Å². The van der Waals surface area contributed by atoms with Crippen molar-refractivity contribution in [2.45, 2.75) is 26.3 Å². The molecule has 1 saturated heterocycles. The number of rotatable bonds is 6. The number of benzene rings is 1. The quantitative estimate of drug-likeness (QED) is 0.493. The molecule has 0 radical (unpaired) electrons. The second-order valence-electron chi connectivity index (χ2n) is 5.12. The van der Waals surface area contributed by atoms with Crippen LogP contribution in [0.2, 0.25) is 0 Å². The van der Waals surface area contributed by atoms with Gasteiger partial charge in [-0.3, -0.25) is 9.63 Å². The lowest BCUT2D eigenvalue weighted by molar-refractivity contribution is -0.124. The first-order chi connectivity index (χ1) is 11.2. The summed E-state index contributed by atoms with van der Waals surface area (Å²) in [5.41, 5.74) is 1.06. The lowest BCUT2D eigenvalue weighted by atomic mass is 10.2. The highest BCUT2D eigenvalue weighted by molar-refractivity contribution is 8.15. The Morgan fingerprint density at radius 2 is 2.17 bits per heavy atom. The fraction of sp³-hybridized carbons (Fsp3) is 0.438. The number of thioether (sulfide) groups is 1. The van der Waals surface area contributed by atoms with Crippen molar-refractivity contribution in [3.8, 4) is 0 Å². The number of hydrogen-bond donors (Lipinski definition) is 1. The van der Waals surface area contributed by atoms with E-state index in [1.807, 2.05) is 37.3 Å². The van der Waals surface area contributed by atoms with Crippen LogP contribution in [0.5, 0.6) is 0 Å². The minimum Gasteiger partial charge on any atom is -0.332 e. The number of amides is 2. The number of hydrogen-bond acceptors (Lipinski definition) is 5. The normalized spacial score (nSPS) is 16.5. The summed E-state index contributed by atoms with van der Waals surface area (Å²) in [6, 6.07) is 9.77. The lowest BCUT2D eigenvalue weighted by Crippen LogP contribution is -2.41. The highest BCUT2D eigenvalue weighted by atomic mass is 32.2. The third-order valence-corrected chi connectivity index (χ3v) is 4.21. The van der Waals surface area contributed by atoms with Gasteiger partial charge in [-0.15, -0.1) is 0 Å². The van der Waals surface area contributed by atoms with Crippen LogP contribution >= 0.6 is 11.8 Å². The van der Waals surface area contributed by atoms with Crippen molar-refractivity contribution in [1.82, 2.24) is 10.2 Å². The van der Waals surface area contributed by atoms with E-state index in [1.54, 1.807) is 4.90 Å². The van der Waals surface area contributed by atoms with E-state index in [4.69, 9.17) is 4.84 Å². The van der Waals surface area contributed by atoms with E-state index in [0.717, 1.165) is 24.2 Å². The topological polar surface area (TPSA) is 71.0 Å². The zero-order chi connectivity index (χ0) is 16.5. The van der Waals surface area contributed by atoms with Crippen LogP contribution in [-0.2, 0) is 16.2 Å². The Hall–Kier alpha value is -2.02. The van der Waals surface area contributed by atoms with Crippen molar-refractivity contribution in [3.63, 3.8) is 0 Å². The van der Waals surface area contributed by atoms with Crippen molar-refractivity contribution >= 4 is 28.8 Å². The van der Waals surface area contributed by atoms with E-state index in [1.165, 1.54) is 11.8 Å². The van der Waals surface area contributed by atoms with E-state index >= 15 is 0 Å². The van der Waals surface area contributed by atoms with Crippen molar-refractivity contribution < 1.29 is 14.4 Å². The molecular formula is C16H21N3O3S. The summed E-state index contributed by atoms with van der Waals surface area (Å²) in [7, 11) is 0. The van der Waals surface area contributed by atoms with Crippen molar-refractivity contribution in [2.24, 2.45) is 5.16 Å². The molecular weight excluding hydrogens is 314 g/mol. The number of nitrogens with one attached hydrogen (secondary N) is 1. The van der Waals surface area contributed by atoms with Crippen LogP contribution in [-0.4, -0.2) is 40.8 Å². The van der Waals surface area contributed by atoms with E-state index in [-0.39, 0.29) is 11.0 Å². The molecule has 0 aliphatic carbocycles. The molecule has 2 amide bonds. The van der Waals surface area contributed by atoms with Crippen molar-refractivity contribution in [2.75, 3.05) is 18.8 Å². The maximum atomic E-state index is 12.4. The second kappa shape index (κ2) is 9.19. The summed E-state index contributed by atoms with van der Waals surface area (Å²) in [6.45, 7) is 3.76. The molecule has 1 aliphatic rings. The van der Waals surface area contributed by atoms with E-state index < -0.39 is 6.09 Å². The molecule has 0 saturated carbocycles. The number of carbonyl (C=O) groups is 2. The molecule has 0 unspecified atom stereocenters. The fourth-order valence-corrected chi connectivity index (χ4v) is 2.90. The molecule has 1 N–H and O–H groups in total. The predicted molar refractivity (Wildman–Crippen MR) is 91.1 cm³/mol. The standard InChI is InChI=1S/C16H21N3O3S/c1-2-3-9-17-16(21)22-18-14-15(20)19(10-11-23-14)12-13-7-5-4-6-8-13/h4-8H,2-3,9-12H2,1H3,(H,17,21)/b18-14+. The van der Waals surface area contributed by atoms with Crippen LogP contribution in [0.3, 0.4) is 0 Å². The summed E-state index contributed by atoms with van der Waals surface area (Å²) in [6.07, 6.45) is 1.24. The van der Waals surface area contributed by atoms with Crippen LogP contribution in [0.25, 0.3) is 0 Å². The zero-order valence-electron chi connectivity index (χ0n) is 13.2. The summed E-state index contributed by atoms with van der Waals surface area (Å²) in [4.78, 5) is 30.3. The van der Waals surface area contributed by atoms with Gasteiger partial charge in [0.05, 0.1) is 0 Å². The molecule has 0 aromatic heterocycles. The van der Waals surface area contributed by atoms with Gasteiger partial charge in [-0.2, -0.15) is 0 Å². The van der Waals surface area contributed by atoms with Crippen LogP contribution in [0, 0.1) is 0 Å². The summed E-state index contributed by atoms with van der Waals surface area (Å²) < 4.78 is 0. The van der Waals surface area contributed by atoms with Gasteiger partial charge in [-0.25, -0.2) is 4.79 Å². The fourth-order valence-electron chi connectivity index (χ4n) is 2.05. The maximum absolute atomic E-state index is 12.4. The Morgan fingerprint density at radius 3 is 2.91 bits per heavy atom. The molecule has 1 aliphatic heterocycles. The van der Waals surface area contributed by atoms with Gasteiger partial charge in [0.2, 0.25) is 5.04 Å².